The SMILES string of the molecule is CC(C)(C)OC(=O)NCCCCC(=O)N1CCCCc2[nH]ccc21. The zero-order chi connectivity index (χ0) is 17.6. The minimum atomic E-state index is -0.485. The number of hydrogen-bond acceptors (Lipinski definition) is 3. The summed E-state index contributed by atoms with van der Waals surface area (Å²) in [7, 11) is 0. The summed E-state index contributed by atoms with van der Waals surface area (Å²) in [5.41, 5.74) is 1.71. The summed E-state index contributed by atoms with van der Waals surface area (Å²) in [5, 5.41) is 2.72. The first kappa shape index (κ1) is 18.4. The van der Waals surface area contributed by atoms with Crippen molar-refractivity contribution in [3.05, 3.63) is 18.0 Å². The van der Waals surface area contributed by atoms with Gasteiger partial charge in [0.1, 0.15) is 5.60 Å². The van der Waals surface area contributed by atoms with Gasteiger partial charge in [-0.1, -0.05) is 0 Å². The van der Waals surface area contributed by atoms with E-state index in [1.165, 1.54) is 0 Å². The van der Waals surface area contributed by atoms with Crippen molar-refractivity contribution in [3.63, 3.8) is 0 Å². The van der Waals surface area contributed by atoms with Crippen molar-refractivity contribution >= 4 is 17.7 Å². The van der Waals surface area contributed by atoms with Gasteiger partial charge in [-0.3, -0.25) is 4.79 Å². The lowest BCUT2D eigenvalue weighted by Gasteiger charge is -2.21. The minimum Gasteiger partial charge on any atom is -0.444 e. The minimum absolute atomic E-state index is 0.162. The summed E-state index contributed by atoms with van der Waals surface area (Å²) < 4.78 is 5.18. The molecule has 0 bridgehead atoms. The fourth-order valence-electron chi connectivity index (χ4n) is 2.84. The van der Waals surface area contributed by atoms with Crippen LogP contribution in [-0.4, -0.2) is 35.7 Å². The monoisotopic (exact) mass is 335 g/mol. The van der Waals surface area contributed by atoms with Gasteiger partial charge in [0.25, 0.3) is 0 Å². The predicted molar refractivity (Wildman–Crippen MR) is 94.2 cm³/mol. The van der Waals surface area contributed by atoms with Crippen molar-refractivity contribution < 1.29 is 14.3 Å². The number of amides is 2. The summed E-state index contributed by atoms with van der Waals surface area (Å²) >= 11 is 0. The highest BCUT2D eigenvalue weighted by atomic mass is 16.6. The van der Waals surface area contributed by atoms with Crippen LogP contribution in [0.15, 0.2) is 12.3 Å². The Bertz CT molecular complexity index is 560. The van der Waals surface area contributed by atoms with Crippen LogP contribution >= 0.6 is 0 Å². The molecule has 2 rings (SSSR count). The normalized spacial score (nSPS) is 14.7. The van der Waals surface area contributed by atoms with Gasteiger partial charge in [0.05, 0.1) is 5.69 Å². The van der Waals surface area contributed by atoms with Crippen molar-refractivity contribution in [1.82, 2.24) is 10.3 Å². The number of carbonyl (C=O) groups excluding carboxylic acids is 2. The highest BCUT2D eigenvalue weighted by Crippen LogP contribution is 2.26. The molecular weight excluding hydrogens is 306 g/mol. The van der Waals surface area contributed by atoms with Crippen LogP contribution < -0.4 is 10.2 Å². The Morgan fingerprint density at radius 1 is 1.29 bits per heavy atom. The lowest BCUT2D eigenvalue weighted by atomic mass is 10.2. The smallest absolute Gasteiger partial charge is 0.407 e. The van der Waals surface area contributed by atoms with E-state index in [0.717, 1.165) is 50.0 Å². The lowest BCUT2D eigenvalue weighted by Crippen LogP contribution is -2.33. The van der Waals surface area contributed by atoms with Crippen LogP contribution in [0.2, 0.25) is 0 Å². The Hall–Kier alpha value is -1.98. The molecule has 0 atom stereocenters. The van der Waals surface area contributed by atoms with Crippen molar-refractivity contribution in [2.45, 2.75) is 64.9 Å². The van der Waals surface area contributed by atoms with E-state index in [9.17, 15) is 9.59 Å². The number of aromatic amines is 1. The molecular formula is C18H29N3O3. The van der Waals surface area contributed by atoms with E-state index in [2.05, 4.69) is 10.3 Å². The molecule has 1 aromatic heterocycles. The van der Waals surface area contributed by atoms with Gasteiger partial charge in [0, 0.05) is 31.4 Å². The third kappa shape index (κ3) is 5.58. The van der Waals surface area contributed by atoms with E-state index < -0.39 is 11.7 Å². The standard InChI is InChI=1S/C18H29N3O3/c1-18(2,3)24-17(23)20-11-6-4-9-16(22)21-13-7-5-8-14-15(21)10-12-19-14/h10,12,19H,4-9,11,13H2,1-3H3,(H,20,23). The van der Waals surface area contributed by atoms with E-state index in [0.29, 0.717) is 13.0 Å². The molecule has 1 aliphatic rings. The van der Waals surface area contributed by atoms with E-state index >= 15 is 0 Å². The molecule has 0 spiro atoms. The second-order valence-electron chi connectivity index (χ2n) is 7.23. The first-order valence-electron chi connectivity index (χ1n) is 8.80. The second kappa shape index (κ2) is 8.22. The molecule has 24 heavy (non-hydrogen) atoms. The van der Waals surface area contributed by atoms with E-state index in [4.69, 9.17) is 4.74 Å². The van der Waals surface area contributed by atoms with Crippen molar-refractivity contribution in [1.29, 1.82) is 0 Å². The van der Waals surface area contributed by atoms with Crippen molar-refractivity contribution in [2.24, 2.45) is 0 Å². The quantitative estimate of drug-likeness (QED) is 0.810. The van der Waals surface area contributed by atoms with Gasteiger partial charge in [-0.25, -0.2) is 4.79 Å². The third-order valence-electron chi connectivity index (χ3n) is 3.94. The number of carbonyl (C=O) groups is 2. The number of ether oxygens (including phenoxy) is 1. The number of hydrogen-bond donors (Lipinski definition) is 2. The molecule has 0 fully saturated rings. The average molecular weight is 335 g/mol. The molecule has 1 aliphatic heterocycles. The van der Waals surface area contributed by atoms with Gasteiger partial charge in [-0.05, 0) is 58.9 Å². The number of unbranched alkanes of at least 4 members (excludes halogenated alkanes) is 1. The maximum atomic E-state index is 12.5. The first-order chi connectivity index (χ1) is 11.4. The molecule has 0 radical (unpaired) electrons. The van der Waals surface area contributed by atoms with Crippen molar-refractivity contribution in [3.8, 4) is 0 Å². The van der Waals surface area contributed by atoms with E-state index in [1.807, 2.05) is 37.9 Å². The summed E-state index contributed by atoms with van der Waals surface area (Å²) in [6.07, 6.45) is 6.67. The fraction of sp³-hybridized carbons (Fsp3) is 0.667. The Kier molecular flexibility index (Phi) is 6.29. The number of anilines is 1. The fourth-order valence-corrected chi connectivity index (χ4v) is 2.84. The maximum absolute atomic E-state index is 12.5. The van der Waals surface area contributed by atoms with E-state index in [-0.39, 0.29) is 5.91 Å². The van der Waals surface area contributed by atoms with Crippen LogP contribution in [0.25, 0.3) is 0 Å². The molecule has 0 saturated heterocycles. The highest BCUT2D eigenvalue weighted by Gasteiger charge is 2.21. The van der Waals surface area contributed by atoms with Gasteiger partial charge in [0.2, 0.25) is 5.91 Å². The number of rotatable bonds is 5. The van der Waals surface area contributed by atoms with Crippen LogP contribution in [-0.2, 0) is 16.0 Å². The topological polar surface area (TPSA) is 74.4 Å². The van der Waals surface area contributed by atoms with Crippen LogP contribution in [0, 0.1) is 0 Å². The molecule has 0 aromatic carbocycles. The zero-order valence-electron chi connectivity index (χ0n) is 15.0. The van der Waals surface area contributed by atoms with Gasteiger partial charge in [-0.15, -0.1) is 0 Å². The highest BCUT2D eigenvalue weighted by molar-refractivity contribution is 5.94. The first-order valence-corrected chi connectivity index (χ1v) is 8.80. The summed E-state index contributed by atoms with van der Waals surface area (Å²) in [4.78, 5) is 29.2. The van der Waals surface area contributed by atoms with Crippen LogP contribution in [0.4, 0.5) is 10.5 Å². The number of fused-ring (bicyclic) bond motifs is 1. The molecule has 134 valence electrons. The number of aromatic nitrogens is 1. The summed E-state index contributed by atoms with van der Waals surface area (Å²) in [5.74, 6) is 0.162. The zero-order valence-corrected chi connectivity index (χ0v) is 15.0. The predicted octanol–water partition coefficient (Wildman–Crippen LogP) is 3.38. The number of nitrogens with zero attached hydrogens (tertiary/aromatic N) is 1. The van der Waals surface area contributed by atoms with E-state index in [1.54, 1.807) is 0 Å². The summed E-state index contributed by atoms with van der Waals surface area (Å²) in [6, 6.07) is 1.99. The Morgan fingerprint density at radius 3 is 2.83 bits per heavy atom. The summed E-state index contributed by atoms with van der Waals surface area (Å²) in [6.45, 7) is 6.82. The number of alkyl carbamates (subject to hydrolysis) is 1. The van der Waals surface area contributed by atoms with Gasteiger partial charge in [0.15, 0.2) is 0 Å². The molecule has 6 nitrogen and oxygen atoms in total. The molecule has 1 aromatic rings. The van der Waals surface area contributed by atoms with Crippen LogP contribution in [0.5, 0.6) is 0 Å². The second-order valence-corrected chi connectivity index (χ2v) is 7.23. The third-order valence-corrected chi connectivity index (χ3v) is 3.94. The molecule has 0 unspecified atom stereocenters. The van der Waals surface area contributed by atoms with Gasteiger partial charge in [-0.2, -0.15) is 0 Å². The molecule has 2 amide bonds. The molecule has 0 aliphatic carbocycles. The largest absolute Gasteiger partial charge is 0.444 e. The maximum Gasteiger partial charge on any atom is 0.407 e. The Morgan fingerprint density at radius 2 is 2.08 bits per heavy atom. The number of aryl methyl sites for hydroxylation is 1. The van der Waals surface area contributed by atoms with Crippen LogP contribution in [0.3, 0.4) is 0 Å². The van der Waals surface area contributed by atoms with Gasteiger partial charge >= 0.3 is 6.09 Å². The molecule has 0 saturated carbocycles. The number of H-pyrrole nitrogens is 1. The Labute approximate surface area is 143 Å². The molecule has 6 heteroatoms. The molecule has 2 heterocycles. The van der Waals surface area contributed by atoms with Crippen LogP contribution in [0.1, 0.15) is 58.6 Å². The molecule has 2 N–H and O–H groups in total. The Balaban J connectivity index is 1.70. The number of nitrogens with one attached hydrogen (secondary N) is 2. The van der Waals surface area contributed by atoms with Gasteiger partial charge < -0.3 is 19.9 Å². The average Bonchev–Trinajstić information content (AvgIpc) is 2.84. The lowest BCUT2D eigenvalue weighted by molar-refractivity contribution is -0.118. The van der Waals surface area contributed by atoms with Crippen molar-refractivity contribution in [2.75, 3.05) is 18.0 Å².